The van der Waals surface area contributed by atoms with Crippen LogP contribution in [-0.4, -0.2) is 23.0 Å². The van der Waals surface area contributed by atoms with Crippen molar-refractivity contribution >= 4 is 5.91 Å². The molecule has 2 aromatic carbocycles. The van der Waals surface area contributed by atoms with Crippen molar-refractivity contribution in [2.75, 3.05) is 7.05 Å². The Bertz CT molecular complexity index is 637. The van der Waals surface area contributed by atoms with E-state index in [0.29, 0.717) is 6.42 Å². The number of rotatable bonds is 4. The van der Waals surface area contributed by atoms with Crippen LogP contribution >= 0.6 is 0 Å². The number of hydrogen-bond donors (Lipinski definition) is 1. The highest BCUT2D eigenvalue weighted by Crippen LogP contribution is 2.27. The van der Waals surface area contributed by atoms with Crippen molar-refractivity contribution in [2.24, 2.45) is 0 Å². The fourth-order valence-electron chi connectivity index (χ4n) is 2.39. The lowest BCUT2D eigenvalue weighted by atomic mass is 10.0. The summed E-state index contributed by atoms with van der Waals surface area (Å²) in [6.07, 6.45) is 0.371. The van der Waals surface area contributed by atoms with Gasteiger partial charge in [0.15, 0.2) is 0 Å². The number of aromatic hydroxyl groups is 1. The number of phenols is 1. The molecular formula is C18H21NO2. The number of amides is 1. The second-order valence-corrected chi connectivity index (χ2v) is 5.41. The van der Waals surface area contributed by atoms with Gasteiger partial charge in [-0.1, -0.05) is 48.0 Å². The minimum absolute atomic E-state index is 0.0383. The third kappa shape index (κ3) is 3.63. The van der Waals surface area contributed by atoms with Gasteiger partial charge in [0.1, 0.15) is 5.75 Å². The Labute approximate surface area is 125 Å². The molecule has 0 saturated carbocycles. The van der Waals surface area contributed by atoms with E-state index in [0.717, 1.165) is 16.7 Å². The highest BCUT2D eigenvalue weighted by molar-refractivity contribution is 5.79. The van der Waals surface area contributed by atoms with E-state index in [4.69, 9.17) is 0 Å². The number of carbonyl (C=O) groups excluding carboxylic acids is 1. The molecule has 0 aromatic heterocycles. The summed E-state index contributed by atoms with van der Waals surface area (Å²) in [6.45, 7) is 3.94. The Morgan fingerprint density at radius 2 is 1.90 bits per heavy atom. The summed E-state index contributed by atoms with van der Waals surface area (Å²) in [7, 11) is 1.77. The van der Waals surface area contributed by atoms with Crippen molar-refractivity contribution in [2.45, 2.75) is 26.3 Å². The summed E-state index contributed by atoms with van der Waals surface area (Å²) in [5.41, 5.74) is 2.92. The van der Waals surface area contributed by atoms with Crippen molar-refractivity contribution in [1.82, 2.24) is 4.90 Å². The Morgan fingerprint density at radius 1 is 1.19 bits per heavy atom. The second kappa shape index (κ2) is 6.44. The molecule has 1 N–H and O–H groups in total. The van der Waals surface area contributed by atoms with E-state index in [1.54, 1.807) is 24.1 Å². The molecule has 2 rings (SSSR count). The number of benzene rings is 2. The lowest BCUT2D eigenvalue weighted by Gasteiger charge is -2.26. The number of carbonyl (C=O) groups is 1. The van der Waals surface area contributed by atoms with Crippen LogP contribution in [0, 0.1) is 6.92 Å². The lowest BCUT2D eigenvalue weighted by Crippen LogP contribution is -2.31. The van der Waals surface area contributed by atoms with Crippen LogP contribution < -0.4 is 0 Å². The van der Waals surface area contributed by atoms with Gasteiger partial charge in [0.2, 0.25) is 5.91 Å². The first-order valence-corrected chi connectivity index (χ1v) is 7.08. The molecule has 1 unspecified atom stereocenters. The zero-order chi connectivity index (χ0) is 15.4. The number of aryl methyl sites for hydroxylation is 1. The highest BCUT2D eigenvalue weighted by Gasteiger charge is 2.19. The number of nitrogens with zero attached hydrogens (tertiary/aromatic N) is 1. The Balaban J connectivity index is 2.10. The van der Waals surface area contributed by atoms with Gasteiger partial charge in [0, 0.05) is 12.6 Å². The molecule has 1 atom stereocenters. The first-order chi connectivity index (χ1) is 9.99. The molecule has 0 radical (unpaired) electrons. The van der Waals surface area contributed by atoms with Gasteiger partial charge in [-0.2, -0.15) is 0 Å². The van der Waals surface area contributed by atoms with Crippen LogP contribution in [0.3, 0.4) is 0 Å². The maximum absolute atomic E-state index is 12.4. The highest BCUT2D eigenvalue weighted by atomic mass is 16.3. The maximum atomic E-state index is 12.4. The number of para-hydroxylation sites is 1. The van der Waals surface area contributed by atoms with E-state index < -0.39 is 0 Å². The Kier molecular flexibility index (Phi) is 4.63. The molecule has 3 nitrogen and oxygen atoms in total. The number of likely N-dealkylation sites (N-methyl/N-ethyl adjacent to an activating group) is 1. The molecule has 0 aliphatic rings. The van der Waals surface area contributed by atoms with E-state index in [9.17, 15) is 9.90 Å². The summed E-state index contributed by atoms with van der Waals surface area (Å²) in [6, 6.07) is 14.9. The Hall–Kier alpha value is -2.29. The zero-order valence-corrected chi connectivity index (χ0v) is 12.7. The molecule has 0 aliphatic carbocycles. The molecule has 0 saturated heterocycles. The summed E-state index contributed by atoms with van der Waals surface area (Å²) < 4.78 is 0. The lowest BCUT2D eigenvalue weighted by molar-refractivity contribution is -0.131. The van der Waals surface area contributed by atoms with Crippen LogP contribution in [-0.2, 0) is 11.2 Å². The summed E-state index contributed by atoms with van der Waals surface area (Å²) >= 11 is 0. The maximum Gasteiger partial charge on any atom is 0.227 e. The SMILES string of the molecule is Cc1cccc(CC(=O)N(C)C(C)c2ccccc2O)c1. The van der Waals surface area contributed by atoms with Crippen molar-refractivity contribution in [3.05, 3.63) is 65.2 Å². The van der Waals surface area contributed by atoms with Crippen LogP contribution in [0.1, 0.15) is 29.7 Å². The van der Waals surface area contributed by atoms with Gasteiger partial charge >= 0.3 is 0 Å². The van der Waals surface area contributed by atoms with E-state index in [2.05, 4.69) is 0 Å². The molecule has 1 amide bonds. The van der Waals surface area contributed by atoms with Gasteiger partial charge < -0.3 is 10.0 Å². The fourth-order valence-corrected chi connectivity index (χ4v) is 2.39. The smallest absolute Gasteiger partial charge is 0.227 e. The van der Waals surface area contributed by atoms with Crippen LogP contribution in [0.15, 0.2) is 48.5 Å². The second-order valence-electron chi connectivity index (χ2n) is 5.41. The number of hydrogen-bond acceptors (Lipinski definition) is 2. The normalized spacial score (nSPS) is 12.0. The molecule has 0 heterocycles. The van der Waals surface area contributed by atoms with Crippen LogP contribution in [0.25, 0.3) is 0 Å². The topological polar surface area (TPSA) is 40.5 Å². The largest absolute Gasteiger partial charge is 0.508 e. The van der Waals surface area contributed by atoms with Crippen molar-refractivity contribution < 1.29 is 9.90 Å². The first-order valence-electron chi connectivity index (χ1n) is 7.08. The number of phenolic OH excluding ortho intramolecular Hbond substituents is 1. The Morgan fingerprint density at radius 3 is 2.57 bits per heavy atom. The molecule has 3 heteroatoms. The van der Waals surface area contributed by atoms with Crippen LogP contribution in [0.2, 0.25) is 0 Å². The standard InChI is InChI=1S/C18H21NO2/c1-13-7-6-8-15(11-13)12-18(21)19(3)14(2)16-9-4-5-10-17(16)20/h4-11,14,20H,12H2,1-3H3. The third-order valence-corrected chi connectivity index (χ3v) is 3.80. The third-order valence-electron chi connectivity index (χ3n) is 3.80. The summed E-state index contributed by atoms with van der Waals surface area (Å²) in [5, 5.41) is 9.90. The first kappa shape index (κ1) is 15.1. The quantitative estimate of drug-likeness (QED) is 0.933. The fraction of sp³-hybridized carbons (Fsp3) is 0.278. The summed E-state index contributed by atoms with van der Waals surface area (Å²) in [5.74, 6) is 0.261. The van der Waals surface area contributed by atoms with Gasteiger partial charge in [-0.15, -0.1) is 0 Å². The van der Waals surface area contributed by atoms with Crippen LogP contribution in [0.5, 0.6) is 5.75 Å². The molecule has 110 valence electrons. The average molecular weight is 283 g/mol. The minimum atomic E-state index is -0.163. The van der Waals surface area contributed by atoms with Crippen molar-refractivity contribution in [3.63, 3.8) is 0 Å². The van der Waals surface area contributed by atoms with Gasteiger partial charge in [-0.25, -0.2) is 0 Å². The average Bonchev–Trinajstić information content (AvgIpc) is 2.46. The zero-order valence-electron chi connectivity index (χ0n) is 12.7. The molecule has 2 aromatic rings. The molecule has 0 fully saturated rings. The van der Waals surface area contributed by atoms with E-state index in [1.165, 1.54) is 0 Å². The van der Waals surface area contributed by atoms with E-state index in [1.807, 2.05) is 50.2 Å². The monoisotopic (exact) mass is 283 g/mol. The van der Waals surface area contributed by atoms with Gasteiger partial charge in [0.05, 0.1) is 12.5 Å². The molecule has 0 spiro atoms. The molecule has 0 aliphatic heterocycles. The predicted molar refractivity (Wildman–Crippen MR) is 84.2 cm³/mol. The predicted octanol–water partition coefficient (Wildman–Crippen LogP) is 3.46. The van der Waals surface area contributed by atoms with Gasteiger partial charge in [0.25, 0.3) is 0 Å². The summed E-state index contributed by atoms with van der Waals surface area (Å²) in [4.78, 5) is 14.1. The van der Waals surface area contributed by atoms with Gasteiger partial charge in [-0.3, -0.25) is 4.79 Å². The van der Waals surface area contributed by atoms with Crippen molar-refractivity contribution in [1.29, 1.82) is 0 Å². The van der Waals surface area contributed by atoms with Crippen LogP contribution in [0.4, 0.5) is 0 Å². The molecule has 21 heavy (non-hydrogen) atoms. The minimum Gasteiger partial charge on any atom is -0.508 e. The molecular weight excluding hydrogens is 262 g/mol. The van der Waals surface area contributed by atoms with Crippen molar-refractivity contribution in [3.8, 4) is 5.75 Å². The van der Waals surface area contributed by atoms with E-state index >= 15 is 0 Å². The van der Waals surface area contributed by atoms with E-state index in [-0.39, 0.29) is 17.7 Å². The molecule has 0 bridgehead atoms. The van der Waals surface area contributed by atoms with Gasteiger partial charge in [-0.05, 0) is 25.5 Å².